The summed E-state index contributed by atoms with van der Waals surface area (Å²) in [5.74, 6) is 1.65. The zero-order valence-corrected chi connectivity index (χ0v) is 21.8. The van der Waals surface area contributed by atoms with Gasteiger partial charge in [-0.2, -0.15) is 13.2 Å². The maximum absolute atomic E-state index is 13.8. The minimum Gasteiger partial charge on any atom is -0.465 e. The number of esters is 1. The molecule has 0 amide bonds. The maximum Gasteiger partial charge on any atom is 0.417 e. The molecule has 4 unspecified atom stereocenters. The van der Waals surface area contributed by atoms with Crippen LogP contribution in [0.25, 0.3) is 11.3 Å². The van der Waals surface area contributed by atoms with E-state index in [0.29, 0.717) is 22.8 Å². The quantitative estimate of drug-likeness (QED) is 0.321. The summed E-state index contributed by atoms with van der Waals surface area (Å²) >= 11 is 0. The highest BCUT2D eigenvalue weighted by Crippen LogP contribution is 2.47. The van der Waals surface area contributed by atoms with Crippen molar-refractivity contribution in [1.29, 1.82) is 0 Å². The second-order valence-corrected chi connectivity index (χ2v) is 10.8. The highest BCUT2D eigenvalue weighted by molar-refractivity contribution is 5.89. The molecule has 6 rings (SSSR count). The van der Waals surface area contributed by atoms with Crippen molar-refractivity contribution in [2.24, 2.45) is 5.92 Å². The van der Waals surface area contributed by atoms with E-state index >= 15 is 0 Å². The molecule has 1 aromatic carbocycles. The van der Waals surface area contributed by atoms with Crippen molar-refractivity contribution in [3.63, 3.8) is 0 Å². The molecule has 10 heteroatoms. The van der Waals surface area contributed by atoms with Crippen molar-refractivity contribution in [3.05, 3.63) is 65.0 Å². The molecule has 0 N–H and O–H groups in total. The average Bonchev–Trinajstić information content (AvgIpc) is 3.65. The molecule has 1 saturated carbocycles. The summed E-state index contributed by atoms with van der Waals surface area (Å²) in [6.07, 6.45) is 1.40. The van der Waals surface area contributed by atoms with E-state index in [1.165, 1.54) is 19.2 Å². The van der Waals surface area contributed by atoms with E-state index in [1.54, 1.807) is 18.3 Å². The first kappa shape index (κ1) is 25.9. The number of nitrogens with zero attached hydrogens (tertiary/aromatic N) is 3. The number of rotatable bonds is 7. The summed E-state index contributed by atoms with van der Waals surface area (Å²) in [4.78, 5) is 18.7. The fourth-order valence-corrected chi connectivity index (χ4v) is 6.22. The molecule has 1 aliphatic carbocycles. The molecule has 7 nitrogen and oxygen atoms in total. The van der Waals surface area contributed by atoms with Crippen molar-refractivity contribution >= 4 is 11.8 Å². The van der Waals surface area contributed by atoms with Crippen LogP contribution in [0.5, 0.6) is 0 Å². The predicted molar refractivity (Wildman–Crippen MR) is 136 cm³/mol. The van der Waals surface area contributed by atoms with Crippen LogP contribution in [0.3, 0.4) is 0 Å². The number of aromatic nitrogens is 2. The van der Waals surface area contributed by atoms with Crippen LogP contribution in [0.15, 0.2) is 47.1 Å². The molecule has 0 spiro atoms. The molecular weight excluding hydrogens is 511 g/mol. The van der Waals surface area contributed by atoms with E-state index in [0.717, 1.165) is 44.0 Å². The number of carbonyl (C=O) groups is 1. The first-order chi connectivity index (χ1) is 18.7. The Morgan fingerprint density at radius 2 is 1.92 bits per heavy atom. The molecule has 3 aromatic rings. The van der Waals surface area contributed by atoms with Gasteiger partial charge in [0, 0.05) is 35.3 Å². The van der Waals surface area contributed by atoms with Crippen molar-refractivity contribution in [2.45, 2.75) is 75.9 Å². The lowest BCUT2D eigenvalue weighted by Gasteiger charge is -2.40. The van der Waals surface area contributed by atoms with Gasteiger partial charge in [0.15, 0.2) is 0 Å². The molecule has 39 heavy (non-hydrogen) atoms. The summed E-state index contributed by atoms with van der Waals surface area (Å²) in [7, 11) is 1.34. The van der Waals surface area contributed by atoms with Crippen LogP contribution in [0.1, 0.15) is 72.2 Å². The van der Waals surface area contributed by atoms with E-state index in [1.807, 2.05) is 6.07 Å². The van der Waals surface area contributed by atoms with Crippen LogP contribution in [-0.2, 0) is 22.3 Å². The number of benzene rings is 1. The number of pyridine rings is 1. The van der Waals surface area contributed by atoms with Gasteiger partial charge in [-0.1, -0.05) is 30.3 Å². The lowest BCUT2D eigenvalue weighted by atomic mass is 9.96. The molecule has 2 aromatic heterocycles. The van der Waals surface area contributed by atoms with Crippen LogP contribution in [-0.4, -0.2) is 41.4 Å². The lowest BCUT2D eigenvalue weighted by Crippen LogP contribution is -2.47. The Morgan fingerprint density at radius 3 is 2.59 bits per heavy atom. The third-order valence-corrected chi connectivity index (χ3v) is 8.24. The fourth-order valence-electron chi connectivity index (χ4n) is 6.22. The Labute approximate surface area is 224 Å². The predicted octanol–water partition coefficient (Wildman–Crippen LogP) is 6.38. The molecule has 3 fully saturated rings. The number of methoxy groups -OCH3 is 1. The number of hydrogen-bond donors (Lipinski definition) is 0. The molecular formula is C29H30F3N3O4. The maximum atomic E-state index is 13.8. The highest BCUT2D eigenvalue weighted by Gasteiger charge is 2.46. The third-order valence-electron chi connectivity index (χ3n) is 8.24. The van der Waals surface area contributed by atoms with Crippen LogP contribution in [0.4, 0.5) is 19.0 Å². The number of anilines is 1. The van der Waals surface area contributed by atoms with E-state index in [-0.39, 0.29) is 42.0 Å². The van der Waals surface area contributed by atoms with Crippen molar-refractivity contribution in [3.8, 4) is 11.3 Å². The smallest absolute Gasteiger partial charge is 0.417 e. The number of hydrogen-bond acceptors (Lipinski definition) is 7. The first-order valence-corrected chi connectivity index (χ1v) is 13.3. The molecule has 0 radical (unpaired) electrons. The lowest BCUT2D eigenvalue weighted by molar-refractivity contribution is -0.137. The van der Waals surface area contributed by atoms with Gasteiger partial charge in [0.25, 0.3) is 0 Å². The third kappa shape index (κ3) is 4.90. The second kappa shape index (κ2) is 9.97. The zero-order valence-electron chi connectivity index (χ0n) is 21.8. The highest BCUT2D eigenvalue weighted by atomic mass is 19.4. The van der Waals surface area contributed by atoms with Gasteiger partial charge < -0.3 is 18.9 Å². The van der Waals surface area contributed by atoms with Crippen LogP contribution in [0, 0.1) is 5.92 Å². The van der Waals surface area contributed by atoms with Gasteiger partial charge in [-0.15, -0.1) is 0 Å². The first-order valence-electron chi connectivity index (χ1n) is 13.3. The number of carbonyl (C=O) groups excluding carboxylic acids is 1. The molecule has 2 aliphatic heterocycles. The van der Waals surface area contributed by atoms with E-state index in [4.69, 9.17) is 14.0 Å². The Morgan fingerprint density at radius 1 is 1.13 bits per heavy atom. The average molecular weight is 542 g/mol. The van der Waals surface area contributed by atoms with E-state index in [2.05, 4.69) is 22.0 Å². The minimum absolute atomic E-state index is 0.0178. The molecule has 4 heterocycles. The Balaban J connectivity index is 1.21. The zero-order chi connectivity index (χ0) is 27.3. The summed E-state index contributed by atoms with van der Waals surface area (Å²) in [5.41, 5.74) is 0.533. The number of alkyl halides is 3. The Kier molecular flexibility index (Phi) is 6.61. The minimum atomic E-state index is -4.50. The fraction of sp³-hybridized carbons (Fsp3) is 0.483. The SMILES string of the molecule is COC(=O)c1ccc(N2C3CC(OCc4c(-c5ccccc5C(F)(F)F)noc4C4CC4)CC2C(C)C3)nc1. The summed E-state index contributed by atoms with van der Waals surface area (Å²) < 4.78 is 58.2. The van der Waals surface area contributed by atoms with Gasteiger partial charge in [-0.3, -0.25) is 0 Å². The summed E-state index contributed by atoms with van der Waals surface area (Å²) in [5, 5.41) is 4.11. The molecule has 206 valence electrons. The number of halogens is 3. The molecule has 2 bridgehead atoms. The Hall–Kier alpha value is -3.40. The van der Waals surface area contributed by atoms with Gasteiger partial charge in [0.2, 0.25) is 0 Å². The van der Waals surface area contributed by atoms with Crippen LogP contribution < -0.4 is 4.90 Å². The van der Waals surface area contributed by atoms with Crippen molar-refractivity contribution < 1.29 is 32.0 Å². The van der Waals surface area contributed by atoms with Crippen molar-refractivity contribution in [1.82, 2.24) is 10.1 Å². The molecule has 3 aliphatic rings. The van der Waals surface area contributed by atoms with Gasteiger partial charge in [0.1, 0.15) is 17.3 Å². The molecule has 4 atom stereocenters. The number of fused-ring (bicyclic) bond motifs is 2. The van der Waals surface area contributed by atoms with E-state index < -0.39 is 17.7 Å². The Bertz CT molecular complexity index is 1350. The van der Waals surface area contributed by atoms with Gasteiger partial charge in [-0.05, 0) is 56.2 Å². The van der Waals surface area contributed by atoms with Crippen molar-refractivity contribution in [2.75, 3.05) is 12.0 Å². The normalized spacial score (nSPS) is 24.7. The topological polar surface area (TPSA) is 77.7 Å². The summed E-state index contributed by atoms with van der Waals surface area (Å²) in [6.45, 7) is 2.38. The van der Waals surface area contributed by atoms with Crippen LogP contribution in [0.2, 0.25) is 0 Å². The molecule has 2 saturated heterocycles. The summed E-state index contributed by atoms with van der Waals surface area (Å²) in [6, 6.07) is 9.50. The monoisotopic (exact) mass is 541 g/mol. The largest absolute Gasteiger partial charge is 0.465 e. The van der Waals surface area contributed by atoms with Gasteiger partial charge in [-0.25, -0.2) is 9.78 Å². The number of ether oxygens (including phenoxy) is 2. The van der Waals surface area contributed by atoms with Crippen LogP contribution >= 0.6 is 0 Å². The van der Waals surface area contributed by atoms with Gasteiger partial charge in [0.05, 0.1) is 30.9 Å². The van der Waals surface area contributed by atoms with Gasteiger partial charge >= 0.3 is 12.1 Å². The second-order valence-electron chi connectivity index (χ2n) is 10.8. The standard InChI is InChI=1S/C29H30F3N3O4/c1-16-11-19-12-20(13-24(16)35(19)25-10-9-18(14-33-25)28(36)37-2)38-15-22-26(34-39-27(22)17-7-8-17)21-5-3-4-6-23(21)29(30,31)32/h3-6,9-10,14,16-17,19-20,24H,7-8,11-13,15H2,1-2H3. The van der Waals surface area contributed by atoms with E-state index in [9.17, 15) is 18.0 Å². The number of piperidine rings is 1.